The molecule has 1 aliphatic carbocycles. The van der Waals surface area contributed by atoms with Gasteiger partial charge in [0.05, 0.1) is 11.5 Å². The highest BCUT2D eigenvalue weighted by Crippen LogP contribution is 2.26. The summed E-state index contributed by atoms with van der Waals surface area (Å²) in [6.45, 7) is 3.99. The van der Waals surface area contributed by atoms with Gasteiger partial charge in [-0.1, -0.05) is 31.9 Å². The predicted octanol–water partition coefficient (Wildman–Crippen LogP) is 4.96. The largest absolute Gasteiger partial charge is 0.490 e. The Morgan fingerprint density at radius 3 is 2.04 bits per heavy atom. The van der Waals surface area contributed by atoms with Crippen molar-refractivity contribution in [1.82, 2.24) is 0 Å². The minimum absolute atomic E-state index is 0.00955. The van der Waals surface area contributed by atoms with Crippen molar-refractivity contribution in [2.75, 3.05) is 6.61 Å². The van der Waals surface area contributed by atoms with E-state index in [1.165, 1.54) is 6.42 Å². The zero-order chi connectivity index (χ0) is 19.8. The van der Waals surface area contributed by atoms with Crippen LogP contribution in [0.1, 0.15) is 42.5 Å². The molecule has 28 heavy (non-hydrogen) atoms. The SMILES string of the molecule is C=CCOc1ccc(C(=O)Oc2ccc(OC(=O)C3CCCCC3)cc2)cc1. The number of ether oxygens (including phenoxy) is 3. The van der Waals surface area contributed by atoms with Gasteiger partial charge in [-0.3, -0.25) is 4.79 Å². The summed E-state index contributed by atoms with van der Waals surface area (Å²) in [5.41, 5.74) is 0.416. The van der Waals surface area contributed by atoms with Gasteiger partial charge in [-0.25, -0.2) is 4.79 Å². The van der Waals surface area contributed by atoms with Crippen LogP contribution in [0.25, 0.3) is 0 Å². The fourth-order valence-corrected chi connectivity index (χ4v) is 3.12. The summed E-state index contributed by atoms with van der Waals surface area (Å²) in [5, 5.41) is 0. The molecule has 2 aromatic carbocycles. The van der Waals surface area contributed by atoms with Crippen molar-refractivity contribution in [2.24, 2.45) is 5.92 Å². The van der Waals surface area contributed by atoms with E-state index in [1.54, 1.807) is 54.6 Å². The smallest absolute Gasteiger partial charge is 0.343 e. The molecule has 0 spiro atoms. The third kappa shape index (κ3) is 5.46. The van der Waals surface area contributed by atoms with Gasteiger partial charge in [0, 0.05) is 0 Å². The molecular weight excluding hydrogens is 356 g/mol. The quantitative estimate of drug-likeness (QED) is 0.386. The van der Waals surface area contributed by atoms with Gasteiger partial charge in [-0.15, -0.1) is 0 Å². The maximum atomic E-state index is 12.2. The summed E-state index contributed by atoms with van der Waals surface area (Å²) in [5.74, 6) is 0.837. The standard InChI is InChI=1S/C23H24O5/c1-2-16-26-19-10-8-18(9-11-19)23(25)28-21-14-12-20(13-15-21)27-22(24)17-6-4-3-5-7-17/h2,8-15,17H,1,3-7,16H2. The van der Waals surface area contributed by atoms with Gasteiger partial charge < -0.3 is 14.2 Å². The van der Waals surface area contributed by atoms with Crippen molar-refractivity contribution in [2.45, 2.75) is 32.1 Å². The fraction of sp³-hybridized carbons (Fsp3) is 0.304. The molecule has 0 aromatic heterocycles. The predicted molar refractivity (Wildman–Crippen MR) is 106 cm³/mol. The van der Waals surface area contributed by atoms with Gasteiger partial charge in [-0.2, -0.15) is 0 Å². The number of esters is 2. The number of hydrogen-bond acceptors (Lipinski definition) is 5. The summed E-state index contributed by atoms with van der Waals surface area (Å²) in [4.78, 5) is 24.4. The number of rotatable bonds is 7. The van der Waals surface area contributed by atoms with E-state index < -0.39 is 5.97 Å². The molecule has 0 amide bonds. The third-order valence-corrected chi connectivity index (χ3v) is 4.65. The highest BCUT2D eigenvalue weighted by molar-refractivity contribution is 5.91. The second-order valence-corrected chi connectivity index (χ2v) is 6.74. The average molecular weight is 380 g/mol. The van der Waals surface area contributed by atoms with Crippen LogP contribution in [-0.4, -0.2) is 18.5 Å². The molecule has 2 aromatic rings. The van der Waals surface area contributed by atoms with E-state index in [1.807, 2.05) is 0 Å². The summed E-state index contributed by atoms with van der Waals surface area (Å²) >= 11 is 0. The van der Waals surface area contributed by atoms with E-state index >= 15 is 0 Å². The Balaban J connectivity index is 1.53. The zero-order valence-corrected chi connectivity index (χ0v) is 15.8. The first-order valence-corrected chi connectivity index (χ1v) is 9.53. The highest BCUT2D eigenvalue weighted by Gasteiger charge is 2.23. The molecular formula is C23H24O5. The van der Waals surface area contributed by atoms with Crippen molar-refractivity contribution >= 4 is 11.9 Å². The lowest BCUT2D eigenvalue weighted by Crippen LogP contribution is -2.22. The fourth-order valence-electron chi connectivity index (χ4n) is 3.12. The van der Waals surface area contributed by atoms with Crippen LogP contribution in [-0.2, 0) is 4.79 Å². The van der Waals surface area contributed by atoms with Crippen LogP contribution >= 0.6 is 0 Å². The van der Waals surface area contributed by atoms with E-state index in [-0.39, 0.29) is 11.9 Å². The maximum absolute atomic E-state index is 12.2. The average Bonchev–Trinajstić information content (AvgIpc) is 2.74. The van der Waals surface area contributed by atoms with Gasteiger partial charge in [0.15, 0.2) is 0 Å². The summed E-state index contributed by atoms with van der Waals surface area (Å²) < 4.78 is 16.2. The van der Waals surface area contributed by atoms with Crippen LogP contribution < -0.4 is 14.2 Å². The van der Waals surface area contributed by atoms with Gasteiger partial charge in [0.1, 0.15) is 23.9 Å². The zero-order valence-electron chi connectivity index (χ0n) is 15.8. The lowest BCUT2D eigenvalue weighted by molar-refractivity contribution is -0.139. The Labute approximate surface area is 164 Å². The van der Waals surface area contributed by atoms with Crippen molar-refractivity contribution < 1.29 is 23.8 Å². The molecule has 1 fully saturated rings. The van der Waals surface area contributed by atoms with Crippen molar-refractivity contribution in [1.29, 1.82) is 0 Å². The number of benzene rings is 2. The van der Waals surface area contributed by atoms with Gasteiger partial charge >= 0.3 is 11.9 Å². The molecule has 1 aliphatic rings. The second kappa shape index (κ2) is 9.74. The van der Waals surface area contributed by atoms with Crippen molar-refractivity contribution in [3.05, 3.63) is 66.7 Å². The van der Waals surface area contributed by atoms with Crippen LogP contribution in [0.4, 0.5) is 0 Å². The van der Waals surface area contributed by atoms with Crippen molar-refractivity contribution in [3.63, 3.8) is 0 Å². The number of carbonyl (C=O) groups is 2. The van der Waals surface area contributed by atoms with E-state index in [0.29, 0.717) is 29.4 Å². The third-order valence-electron chi connectivity index (χ3n) is 4.65. The van der Waals surface area contributed by atoms with E-state index in [2.05, 4.69) is 6.58 Å². The summed E-state index contributed by atoms with van der Waals surface area (Å²) in [6.07, 6.45) is 6.79. The molecule has 0 N–H and O–H groups in total. The van der Waals surface area contributed by atoms with Crippen LogP contribution in [0.5, 0.6) is 17.2 Å². The molecule has 0 unspecified atom stereocenters. The molecule has 0 radical (unpaired) electrons. The monoisotopic (exact) mass is 380 g/mol. The van der Waals surface area contributed by atoms with Gasteiger partial charge in [0.2, 0.25) is 0 Å². The molecule has 0 atom stereocenters. The highest BCUT2D eigenvalue weighted by atomic mass is 16.5. The van der Waals surface area contributed by atoms with E-state index in [9.17, 15) is 9.59 Å². The molecule has 0 heterocycles. The van der Waals surface area contributed by atoms with E-state index in [4.69, 9.17) is 14.2 Å². The Kier molecular flexibility index (Phi) is 6.84. The Morgan fingerprint density at radius 1 is 0.857 bits per heavy atom. The maximum Gasteiger partial charge on any atom is 0.343 e. The van der Waals surface area contributed by atoms with Crippen molar-refractivity contribution in [3.8, 4) is 17.2 Å². The minimum atomic E-state index is -0.470. The van der Waals surface area contributed by atoms with E-state index in [0.717, 1.165) is 25.7 Å². The molecule has 3 rings (SSSR count). The Bertz CT molecular complexity index is 802. The molecule has 0 aliphatic heterocycles. The molecule has 146 valence electrons. The number of carbonyl (C=O) groups excluding carboxylic acids is 2. The molecule has 1 saturated carbocycles. The normalized spacial score (nSPS) is 14.1. The van der Waals surface area contributed by atoms with Crippen LogP contribution in [0.3, 0.4) is 0 Å². The molecule has 0 saturated heterocycles. The second-order valence-electron chi connectivity index (χ2n) is 6.74. The summed E-state index contributed by atoms with van der Waals surface area (Å²) in [7, 11) is 0. The van der Waals surface area contributed by atoms with Crippen LogP contribution in [0, 0.1) is 5.92 Å². The van der Waals surface area contributed by atoms with Crippen LogP contribution in [0.2, 0.25) is 0 Å². The van der Waals surface area contributed by atoms with Crippen LogP contribution in [0.15, 0.2) is 61.2 Å². The topological polar surface area (TPSA) is 61.8 Å². The minimum Gasteiger partial charge on any atom is -0.490 e. The first-order chi connectivity index (χ1) is 13.7. The molecule has 5 nitrogen and oxygen atoms in total. The first-order valence-electron chi connectivity index (χ1n) is 9.53. The van der Waals surface area contributed by atoms with Gasteiger partial charge in [0.25, 0.3) is 0 Å². The lowest BCUT2D eigenvalue weighted by atomic mass is 9.89. The first kappa shape index (κ1) is 19.7. The number of hydrogen-bond donors (Lipinski definition) is 0. The molecule has 0 bridgehead atoms. The van der Waals surface area contributed by atoms with Gasteiger partial charge in [-0.05, 0) is 61.4 Å². The molecule has 5 heteroatoms. The lowest BCUT2D eigenvalue weighted by Gasteiger charge is -2.19. The Hall–Kier alpha value is -3.08. The summed E-state index contributed by atoms with van der Waals surface area (Å²) in [6, 6.07) is 13.2. The Morgan fingerprint density at radius 2 is 1.43 bits per heavy atom.